The van der Waals surface area contributed by atoms with Crippen molar-refractivity contribution in [3.05, 3.63) is 113 Å². The van der Waals surface area contributed by atoms with E-state index < -0.39 is 23.2 Å². The van der Waals surface area contributed by atoms with Crippen molar-refractivity contribution >= 4 is 16.7 Å². The number of methoxy groups -OCH3 is 1. The number of fused-ring (bicyclic) bond motifs is 2. The number of carbonyl (C=O) groups is 1. The van der Waals surface area contributed by atoms with Crippen LogP contribution in [-0.2, 0) is 11.2 Å². The molecule has 2 atom stereocenters. The van der Waals surface area contributed by atoms with Crippen molar-refractivity contribution in [3.8, 4) is 5.75 Å². The quantitative estimate of drug-likeness (QED) is 0.256. The summed E-state index contributed by atoms with van der Waals surface area (Å²) in [5.74, 6) is -2.45. The summed E-state index contributed by atoms with van der Waals surface area (Å²) in [7, 11) is 1.10. The highest BCUT2D eigenvalue weighted by atomic mass is 19.1. The minimum absolute atomic E-state index is 0.177. The fourth-order valence-electron chi connectivity index (χ4n) is 5.02. The number of para-hydroxylation sites is 1. The van der Waals surface area contributed by atoms with E-state index in [1.165, 1.54) is 28.5 Å². The first kappa shape index (κ1) is 23.9. The van der Waals surface area contributed by atoms with Crippen molar-refractivity contribution in [3.63, 3.8) is 0 Å². The highest BCUT2D eigenvalue weighted by Gasteiger charge is 2.31. The average molecular weight is 488 g/mol. The maximum absolute atomic E-state index is 14.7. The Morgan fingerprint density at radius 1 is 1.00 bits per heavy atom. The van der Waals surface area contributed by atoms with E-state index in [4.69, 9.17) is 4.74 Å². The molecular weight excluding hydrogens is 460 g/mol. The summed E-state index contributed by atoms with van der Waals surface area (Å²) in [6.07, 6.45) is 1.25. The third-order valence-corrected chi connectivity index (χ3v) is 6.77. The number of benzene rings is 4. The van der Waals surface area contributed by atoms with Gasteiger partial charge in [-0.05, 0) is 59.5 Å². The first-order valence-corrected chi connectivity index (χ1v) is 12.1. The molecule has 1 heterocycles. The molecule has 0 radical (unpaired) electrons. The third-order valence-electron chi connectivity index (χ3n) is 6.77. The Balaban J connectivity index is 1.31. The maximum atomic E-state index is 14.7. The second-order valence-corrected chi connectivity index (χ2v) is 9.01. The molecule has 0 bridgehead atoms. The van der Waals surface area contributed by atoms with Gasteiger partial charge in [0.2, 0.25) is 0 Å². The van der Waals surface area contributed by atoms with E-state index in [0.29, 0.717) is 24.3 Å². The van der Waals surface area contributed by atoms with Gasteiger partial charge >= 0.3 is 5.97 Å². The van der Waals surface area contributed by atoms with Crippen LogP contribution in [0.1, 0.15) is 39.4 Å². The largest absolute Gasteiger partial charge is 0.489 e. The van der Waals surface area contributed by atoms with Gasteiger partial charge in [-0.3, -0.25) is 0 Å². The first-order valence-electron chi connectivity index (χ1n) is 12.1. The molecule has 6 heteroatoms. The van der Waals surface area contributed by atoms with Crippen molar-refractivity contribution in [1.29, 1.82) is 0 Å². The molecule has 1 aliphatic heterocycles. The molecular formula is C30H27F2NO3. The number of hydrogen-bond donors (Lipinski definition) is 1. The molecule has 1 N–H and O–H groups in total. The van der Waals surface area contributed by atoms with E-state index in [1.807, 2.05) is 30.3 Å². The van der Waals surface area contributed by atoms with Crippen LogP contribution < -0.4 is 10.1 Å². The topological polar surface area (TPSA) is 47.6 Å². The molecule has 184 valence electrons. The van der Waals surface area contributed by atoms with E-state index >= 15 is 0 Å². The molecule has 36 heavy (non-hydrogen) atoms. The summed E-state index contributed by atoms with van der Waals surface area (Å²) in [4.78, 5) is 11.8. The van der Waals surface area contributed by atoms with E-state index in [9.17, 15) is 13.6 Å². The molecule has 0 amide bonds. The molecule has 2 unspecified atom stereocenters. The van der Waals surface area contributed by atoms with Crippen molar-refractivity contribution in [1.82, 2.24) is 5.32 Å². The zero-order valence-electron chi connectivity index (χ0n) is 20.0. The minimum atomic E-state index is -1.03. The van der Waals surface area contributed by atoms with E-state index in [0.717, 1.165) is 25.6 Å². The number of nitrogens with one attached hydrogen (secondary N) is 1. The van der Waals surface area contributed by atoms with Crippen LogP contribution in [0.2, 0.25) is 0 Å². The molecule has 0 saturated heterocycles. The summed E-state index contributed by atoms with van der Waals surface area (Å²) >= 11 is 0. The number of hydrogen-bond acceptors (Lipinski definition) is 4. The first-order chi connectivity index (χ1) is 17.5. The molecule has 0 spiro atoms. The predicted octanol–water partition coefficient (Wildman–Crippen LogP) is 6.02. The number of rotatable bonds is 7. The van der Waals surface area contributed by atoms with Crippen LogP contribution in [0.5, 0.6) is 5.75 Å². The fraction of sp³-hybridized carbons (Fsp3) is 0.233. The molecule has 1 aliphatic rings. The monoisotopic (exact) mass is 487 g/mol. The van der Waals surface area contributed by atoms with Crippen LogP contribution in [0.15, 0.2) is 78.9 Å². The molecule has 4 aromatic carbocycles. The number of ether oxygens (including phenoxy) is 2. The van der Waals surface area contributed by atoms with Gasteiger partial charge in [0, 0.05) is 18.0 Å². The fourth-order valence-corrected chi connectivity index (χ4v) is 5.02. The molecule has 4 nitrogen and oxygen atoms in total. The standard InChI is InChI=1S/C30H27F2NO3/c1-35-30(34)29-26(31)15-21(16-27(29)32)25-17-22(36-28-12-5-4-11-24(25)28)18-33-14-13-20-9-6-8-19-7-2-3-10-23(19)20/h2-12,15-16,22,25,33H,13-14,17-18H2,1H3. The zero-order chi connectivity index (χ0) is 25.1. The van der Waals surface area contributed by atoms with Crippen LogP contribution >= 0.6 is 0 Å². The average Bonchev–Trinajstić information content (AvgIpc) is 2.90. The Bertz CT molecular complexity index is 1380. The van der Waals surface area contributed by atoms with Gasteiger partial charge in [-0.15, -0.1) is 0 Å². The van der Waals surface area contributed by atoms with Gasteiger partial charge in [0.05, 0.1) is 7.11 Å². The van der Waals surface area contributed by atoms with Crippen LogP contribution in [0.4, 0.5) is 8.78 Å². The van der Waals surface area contributed by atoms with E-state index in [1.54, 1.807) is 0 Å². The second-order valence-electron chi connectivity index (χ2n) is 9.01. The van der Waals surface area contributed by atoms with Crippen molar-refractivity contribution in [2.75, 3.05) is 20.2 Å². The smallest absolute Gasteiger partial charge is 0.343 e. The summed E-state index contributed by atoms with van der Waals surface area (Å²) in [6.45, 7) is 1.37. The highest BCUT2D eigenvalue weighted by molar-refractivity contribution is 5.90. The number of halogens is 2. The van der Waals surface area contributed by atoms with Crippen molar-refractivity contribution in [2.24, 2.45) is 0 Å². The SMILES string of the molecule is COC(=O)c1c(F)cc(C2CC(CNCCc3cccc4ccccc34)Oc3ccccc32)cc1F. The summed E-state index contributed by atoms with van der Waals surface area (Å²) in [6, 6.07) is 24.7. The lowest BCUT2D eigenvalue weighted by atomic mass is 9.83. The summed E-state index contributed by atoms with van der Waals surface area (Å²) in [5.41, 5.74) is 1.95. The predicted molar refractivity (Wildman–Crippen MR) is 136 cm³/mol. The Morgan fingerprint density at radius 3 is 2.53 bits per heavy atom. The molecule has 0 aromatic heterocycles. The molecule has 0 aliphatic carbocycles. The molecule has 5 rings (SSSR count). The lowest BCUT2D eigenvalue weighted by molar-refractivity contribution is 0.0589. The highest BCUT2D eigenvalue weighted by Crippen LogP contribution is 2.41. The van der Waals surface area contributed by atoms with Gasteiger partial charge in [0.15, 0.2) is 0 Å². The van der Waals surface area contributed by atoms with E-state index in [-0.39, 0.29) is 12.0 Å². The second kappa shape index (κ2) is 10.5. The summed E-state index contributed by atoms with van der Waals surface area (Å²) < 4.78 is 40.2. The molecule has 0 fully saturated rings. The van der Waals surface area contributed by atoms with Crippen LogP contribution in [-0.4, -0.2) is 32.3 Å². The van der Waals surface area contributed by atoms with Crippen LogP contribution in [0.3, 0.4) is 0 Å². The Morgan fingerprint density at radius 2 is 1.72 bits per heavy atom. The zero-order valence-corrected chi connectivity index (χ0v) is 20.0. The van der Waals surface area contributed by atoms with Crippen LogP contribution in [0, 0.1) is 11.6 Å². The number of esters is 1. The van der Waals surface area contributed by atoms with Gasteiger partial charge in [-0.2, -0.15) is 0 Å². The lowest BCUT2D eigenvalue weighted by Crippen LogP contribution is -2.36. The van der Waals surface area contributed by atoms with Crippen molar-refractivity contribution in [2.45, 2.75) is 24.9 Å². The minimum Gasteiger partial charge on any atom is -0.489 e. The Labute approximate surface area is 208 Å². The summed E-state index contributed by atoms with van der Waals surface area (Å²) in [5, 5.41) is 5.97. The molecule has 0 saturated carbocycles. The van der Waals surface area contributed by atoms with E-state index in [2.05, 4.69) is 46.5 Å². The molecule has 4 aromatic rings. The van der Waals surface area contributed by atoms with Crippen LogP contribution in [0.25, 0.3) is 10.8 Å². The third kappa shape index (κ3) is 4.82. The van der Waals surface area contributed by atoms with Gasteiger partial charge in [-0.25, -0.2) is 13.6 Å². The maximum Gasteiger partial charge on any atom is 0.343 e. The van der Waals surface area contributed by atoms with Crippen molar-refractivity contribution < 1.29 is 23.0 Å². The normalized spacial score (nSPS) is 16.9. The lowest BCUT2D eigenvalue weighted by Gasteiger charge is -2.33. The van der Waals surface area contributed by atoms with Gasteiger partial charge < -0.3 is 14.8 Å². The number of carbonyl (C=O) groups excluding carboxylic acids is 1. The van der Waals surface area contributed by atoms with Gasteiger partial charge in [0.1, 0.15) is 29.1 Å². The van der Waals surface area contributed by atoms with Gasteiger partial charge in [-0.1, -0.05) is 60.7 Å². The Hall–Kier alpha value is -3.77. The Kier molecular flexibility index (Phi) is 6.96. The van der Waals surface area contributed by atoms with Gasteiger partial charge in [0.25, 0.3) is 0 Å².